The van der Waals surface area contributed by atoms with Crippen LogP contribution in [-0.4, -0.2) is 35.3 Å². The van der Waals surface area contributed by atoms with Gasteiger partial charge in [-0.15, -0.1) is 0 Å². The normalized spacial score (nSPS) is 34.8. The van der Waals surface area contributed by atoms with Crippen molar-refractivity contribution in [1.82, 2.24) is 4.90 Å². The Kier molecular flexibility index (Phi) is 3.89. The molecule has 0 spiro atoms. The quantitative estimate of drug-likeness (QED) is 0.699. The Morgan fingerprint density at radius 2 is 1.76 bits per heavy atom. The summed E-state index contributed by atoms with van der Waals surface area (Å²) in [5.41, 5.74) is 1.25. The molecule has 0 radical (unpaired) electrons. The molecule has 2 bridgehead atoms. The second-order valence-electron chi connectivity index (χ2n) is 9.15. The first-order chi connectivity index (χ1) is 11.7. The number of anilines is 1. The number of rotatable bonds is 2. The molecule has 0 N–H and O–H groups in total. The standard InChI is InChI=1S/C20H25BrN2O2/c1-19(2)9-15-10-20(3,11-19)12-22(15)16-8-17(24)23(18(16)25)14-6-4-13(21)5-7-14/h4-7,15-16H,8-12H2,1-3H3/t15-,16+,20+/m0/s1. The van der Waals surface area contributed by atoms with Gasteiger partial charge in [0, 0.05) is 17.1 Å². The van der Waals surface area contributed by atoms with Gasteiger partial charge in [0.2, 0.25) is 5.91 Å². The van der Waals surface area contributed by atoms with E-state index in [1.165, 1.54) is 11.3 Å². The Labute approximate surface area is 157 Å². The molecule has 2 heterocycles. The topological polar surface area (TPSA) is 40.6 Å². The van der Waals surface area contributed by atoms with Gasteiger partial charge in [0.1, 0.15) is 0 Å². The summed E-state index contributed by atoms with van der Waals surface area (Å²) in [6.45, 7) is 7.93. The van der Waals surface area contributed by atoms with Crippen molar-refractivity contribution >= 4 is 33.4 Å². The molecule has 1 aromatic rings. The number of imide groups is 1. The lowest BCUT2D eigenvalue weighted by molar-refractivity contribution is -0.123. The zero-order valence-corrected chi connectivity index (χ0v) is 16.7. The third-order valence-corrected chi connectivity index (χ3v) is 6.59. The van der Waals surface area contributed by atoms with Crippen LogP contribution in [0.1, 0.15) is 46.5 Å². The molecule has 1 aromatic carbocycles. The SMILES string of the molecule is CC1(C)C[C@H]2C[C@@](C)(CN2[C@@H]2CC(=O)N(c3ccc(Br)cc3)C2=O)C1. The van der Waals surface area contributed by atoms with Crippen LogP contribution in [-0.2, 0) is 9.59 Å². The van der Waals surface area contributed by atoms with Gasteiger partial charge in [-0.1, -0.05) is 36.7 Å². The number of fused-ring (bicyclic) bond motifs is 2. The number of hydrogen-bond acceptors (Lipinski definition) is 3. The highest BCUT2D eigenvalue weighted by atomic mass is 79.9. The van der Waals surface area contributed by atoms with E-state index in [0.717, 1.165) is 23.9 Å². The lowest BCUT2D eigenvalue weighted by Gasteiger charge is -2.40. The van der Waals surface area contributed by atoms with Crippen LogP contribution in [0.5, 0.6) is 0 Å². The van der Waals surface area contributed by atoms with Crippen LogP contribution in [0.4, 0.5) is 5.69 Å². The van der Waals surface area contributed by atoms with Gasteiger partial charge in [0.25, 0.3) is 5.91 Å². The molecule has 3 aliphatic rings. The summed E-state index contributed by atoms with van der Waals surface area (Å²) in [6, 6.07) is 7.52. The number of nitrogens with zero attached hydrogens (tertiary/aromatic N) is 2. The smallest absolute Gasteiger partial charge is 0.251 e. The van der Waals surface area contributed by atoms with Crippen LogP contribution in [0.2, 0.25) is 0 Å². The Balaban J connectivity index is 1.59. The lowest BCUT2D eigenvalue weighted by Crippen LogP contribution is -2.45. The molecule has 3 fully saturated rings. The van der Waals surface area contributed by atoms with E-state index in [4.69, 9.17) is 0 Å². The predicted molar refractivity (Wildman–Crippen MR) is 101 cm³/mol. The fourth-order valence-corrected chi connectivity index (χ4v) is 5.87. The molecular formula is C20H25BrN2O2. The molecule has 2 aliphatic heterocycles. The maximum absolute atomic E-state index is 13.1. The third-order valence-electron chi connectivity index (χ3n) is 6.06. The van der Waals surface area contributed by atoms with E-state index < -0.39 is 0 Å². The average Bonchev–Trinajstić information content (AvgIpc) is 2.92. The fourth-order valence-electron chi connectivity index (χ4n) is 5.60. The lowest BCUT2D eigenvalue weighted by atomic mass is 9.65. The van der Waals surface area contributed by atoms with Gasteiger partial charge in [0.05, 0.1) is 18.2 Å². The van der Waals surface area contributed by atoms with Crippen molar-refractivity contribution < 1.29 is 9.59 Å². The fraction of sp³-hybridized carbons (Fsp3) is 0.600. The Hall–Kier alpha value is -1.20. The van der Waals surface area contributed by atoms with Gasteiger partial charge in [-0.3, -0.25) is 14.5 Å². The second kappa shape index (κ2) is 5.65. The van der Waals surface area contributed by atoms with Crippen molar-refractivity contribution in [3.8, 4) is 0 Å². The minimum atomic E-state index is -0.295. The van der Waals surface area contributed by atoms with Crippen LogP contribution in [0.15, 0.2) is 28.7 Å². The first-order valence-electron chi connectivity index (χ1n) is 9.06. The Morgan fingerprint density at radius 1 is 1.08 bits per heavy atom. The molecule has 0 unspecified atom stereocenters. The van der Waals surface area contributed by atoms with E-state index in [1.54, 1.807) is 0 Å². The maximum atomic E-state index is 13.1. The van der Waals surface area contributed by atoms with Gasteiger partial charge in [-0.25, -0.2) is 4.90 Å². The van der Waals surface area contributed by atoms with Crippen molar-refractivity contribution in [2.24, 2.45) is 10.8 Å². The largest absolute Gasteiger partial charge is 0.288 e. The average molecular weight is 405 g/mol. The van der Waals surface area contributed by atoms with E-state index >= 15 is 0 Å². The predicted octanol–water partition coefficient (Wildman–Crippen LogP) is 3.98. The maximum Gasteiger partial charge on any atom is 0.251 e. The van der Waals surface area contributed by atoms with Crippen molar-refractivity contribution in [1.29, 1.82) is 0 Å². The molecule has 134 valence electrons. The number of carbonyl (C=O) groups excluding carboxylic acids is 2. The van der Waals surface area contributed by atoms with Gasteiger partial charge in [0.15, 0.2) is 0 Å². The Morgan fingerprint density at radius 3 is 2.44 bits per heavy atom. The van der Waals surface area contributed by atoms with Crippen LogP contribution in [0.3, 0.4) is 0 Å². The van der Waals surface area contributed by atoms with Gasteiger partial charge < -0.3 is 0 Å². The number of carbonyl (C=O) groups is 2. The number of hydrogen-bond donors (Lipinski definition) is 0. The minimum Gasteiger partial charge on any atom is -0.288 e. The molecular weight excluding hydrogens is 380 g/mol. The molecule has 25 heavy (non-hydrogen) atoms. The molecule has 4 rings (SSSR count). The van der Waals surface area contributed by atoms with Crippen molar-refractivity contribution in [3.05, 3.63) is 28.7 Å². The van der Waals surface area contributed by atoms with Crippen LogP contribution >= 0.6 is 15.9 Å². The summed E-state index contributed by atoms with van der Waals surface area (Å²) in [7, 11) is 0. The molecule has 3 atom stereocenters. The highest BCUT2D eigenvalue weighted by Gasteiger charge is 2.54. The molecule has 1 aliphatic carbocycles. The number of likely N-dealkylation sites (tertiary alicyclic amines) is 1. The van der Waals surface area contributed by atoms with E-state index in [9.17, 15) is 9.59 Å². The second-order valence-corrected chi connectivity index (χ2v) is 10.1. The summed E-state index contributed by atoms with van der Waals surface area (Å²) in [5.74, 6) is -0.135. The zero-order chi connectivity index (χ0) is 18.0. The number of halogens is 1. The summed E-state index contributed by atoms with van der Waals surface area (Å²) >= 11 is 3.40. The van der Waals surface area contributed by atoms with Crippen LogP contribution < -0.4 is 4.90 Å². The monoisotopic (exact) mass is 404 g/mol. The van der Waals surface area contributed by atoms with Gasteiger partial charge in [-0.2, -0.15) is 0 Å². The van der Waals surface area contributed by atoms with E-state index in [0.29, 0.717) is 23.6 Å². The summed E-state index contributed by atoms with van der Waals surface area (Å²) < 4.78 is 0.940. The van der Waals surface area contributed by atoms with Crippen LogP contribution in [0.25, 0.3) is 0 Å². The zero-order valence-electron chi connectivity index (χ0n) is 15.1. The number of amides is 2. The van der Waals surface area contributed by atoms with Gasteiger partial charge in [-0.05, 0) is 54.4 Å². The van der Waals surface area contributed by atoms with E-state index in [1.807, 2.05) is 24.3 Å². The highest BCUT2D eigenvalue weighted by molar-refractivity contribution is 9.10. The molecule has 5 heteroatoms. The van der Waals surface area contributed by atoms with Gasteiger partial charge >= 0.3 is 0 Å². The van der Waals surface area contributed by atoms with Crippen molar-refractivity contribution in [3.63, 3.8) is 0 Å². The summed E-state index contributed by atoms with van der Waals surface area (Å²) in [4.78, 5) is 29.4. The molecule has 2 amide bonds. The number of benzene rings is 1. The summed E-state index contributed by atoms with van der Waals surface area (Å²) in [6.07, 6.45) is 3.76. The minimum absolute atomic E-state index is 0.0544. The Bertz CT molecular complexity index is 730. The molecule has 0 aromatic heterocycles. The molecule has 4 nitrogen and oxygen atoms in total. The molecule has 2 saturated heterocycles. The van der Waals surface area contributed by atoms with E-state index in [-0.39, 0.29) is 23.3 Å². The first kappa shape index (κ1) is 17.2. The van der Waals surface area contributed by atoms with Crippen molar-refractivity contribution in [2.45, 2.75) is 58.5 Å². The first-order valence-corrected chi connectivity index (χ1v) is 9.85. The third kappa shape index (κ3) is 2.95. The van der Waals surface area contributed by atoms with Crippen LogP contribution in [0, 0.1) is 10.8 Å². The van der Waals surface area contributed by atoms with Crippen molar-refractivity contribution in [2.75, 3.05) is 11.4 Å². The molecule has 1 saturated carbocycles. The van der Waals surface area contributed by atoms with E-state index in [2.05, 4.69) is 41.6 Å². The summed E-state index contributed by atoms with van der Waals surface area (Å²) in [5, 5.41) is 0. The highest BCUT2D eigenvalue weighted by Crippen LogP contribution is 2.53.